The summed E-state index contributed by atoms with van der Waals surface area (Å²) in [7, 11) is 0. The molecule has 0 aliphatic rings. The molecule has 10 heavy (non-hydrogen) atoms. The molecule has 0 fully saturated rings. The Labute approximate surface area is 57.8 Å². The number of Topliss-reactive ketones (excluding diaryl/α,β-unsaturated/α-hetero) is 1. The Kier molecular flexibility index (Phi) is 2.51. The fourth-order valence-corrected chi connectivity index (χ4v) is 0.457. The first-order chi connectivity index (χ1) is 4.33. The van der Waals surface area contributed by atoms with Crippen LogP contribution in [0.1, 0.15) is 20.3 Å². The number of hydrogen-bond donors (Lipinski definition) is 1. The van der Waals surface area contributed by atoms with Crippen LogP contribution in [0.4, 0.5) is 4.39 Å². The fraction of sp³-hybridized carbons (Fsp3) is 0.667. The third kappa shape index (κ3) is 4.00. The molecule has 0 unspecified atom stereocenters. The topological polar surface area (TPSA) is 54.4 Å². The van der Waals surface area contributed by atoms with Crippen LogP contribution in [-0.2, 0) is 9.59 Å². The molecule has 0 aromatic rings. The smallest absolute Gasteiger partial charge is 0.372 e. The van der Waals surface area contributed by atoms with Gasteiger partial charge in [-0.15, -0.1) is 0 Å². The van der Waals surface area contributed by atoms with E-state index in [0.29, 0.717) is 0 Å². The molecule has 0 aromatic heterocycles. The highest BCUT2D eigenvalue weighted by Gasteiger charge is 2.24. The van der Waals surface area contributed by atoms with E-state index in [1.54, 1.807) is 0 Å². The summed E-state index contributed by atoms with van der Waals surface area (Å²) in [6.45, 7) is 2.32. The zero-order chi connectivity index (χ0) is 8.36. The maximum Gasteiger partial charge on any atom is 0.372 e. The molecule has 1 N–H and O–H groups in total. The maximum atomic E-state index is 12.5. The molecule has 58 valence electrons. The highest BCUT2D eigenvalue weighted by molar-refractivity contribution is 6.32. The summed E-state index contributed by atoms with van der Waals surface area (Å²) in [6.07, 6.45) is -0.567. The number of carboxylic acids is 1. The molecule has 0 spiro atoms. The van der Waals surface area contributed by atoms with Crippen molar-refractivity contribution < 1.29 is 19.1 Å². The van der Waals surface area contributed by atoms with Crippen LogP contribution in [-0.4, -0.2) is 22.5 Å². The van der Waals surface area contributed by atoms with Crippen LogP contribution in [0.2, 0.25) is 0 Å². The van der Waals surface area contributed by atoms with Gasteiger partial charge in [-0.3, -0.25) is 4.79 Å². The fourth-order valence-electron chi connectivity index (χ4n) is 0.457. The van der Waals surface area contributed by atoms with Crippen molar-refractivity contribution in [2.45, 2.75) is 25.9 Å². The van der Waals surface area contributed by atoms with E-state index in [2.05, 4.69) is 0 Å². The zero-order valence-corrected chi connectivity index (χ0v) is 5.85. The summed E-state index contributed by atoms with van der Waals surface area (Å²) in [6, 6.07) is 0. The second-order valence-electron chi connectivity index (χ2n) is 2.62. The van der Waals surface area contributed by atoms with Crippen molar-refractivity contribution in [2.75, 3.05) is 0 Å². The Morgan fingerprint density at radius 3 is 2.00 bits per heavy atom. The van der Waals surface area contributed by atoms with Crippen molar-refractivity contribution in [3.8, 4) is 0 Å². The minimum absolute atomic E-state index is 0.567. The van der Waals surface area contributed by atoms with Crippen LogP contribution < -0.4 is 0 Å². The molecular weight excluding hydrogens is 139 g/mol. The predicted molar refractivity (Wildman–Crippen MR) is 32.4 cm³/mol. The predicted octanol–water partition coefficient (Wildman–Crippen LogP) is 0.778. The molecule has 3 nitrogen and oxygen atoms in total. The summed E-state index contributed by atoms with van der Waals surface area (Å²) in [5, 5.41) is 8.03. The van der Waals surface area contributed by atoms with E-state index < -0.39 is 23.8 Å². The third-order valence-corrected chi connectivity index (χ3v) is 0.819. The Morgan fingerprint density at radius 1 is 1.50 bits per heavy atom. The molecule has 4 heteroatoms. The second-order valence-corrected chi connectivity index (χ2v) is 2.62. The average Bonchev–Trinajstić information content (AvgIpc) is 1.60. The number of carbonyl (C=O) groups is 2. The van der Waals surface area contributed by atoms with Gasteiger partial charge in [0, 0.05) is 0 Å². The minimum Gasteiger partial charge on any atom is -0.475 e. The van der Waals surface area contributed by atoms with Gasteiger partial charge in [-0.1, -0.05) is 0 Å². The van der Waals surface area contributed by atoms with Gasteiger partial charge < -0.3 is 5.11 Å². The standard InChI is InChI=1S/C6H9FO3/c1-6(2,7)3-4(8)5(9)10/h3H2,1-2H3,(H,9,10). The van der Waals surface area contributed by atoms with Crippen LogP contribution in [0, 0.1) is 0 Å². The Bertz CT molecular complexity index is 157. The lowest BCUT2D eigenvalue weighted by Crippen LogP contribution is -2.23. The molecule has 0 aromatic carbocycles. The molecule has 0 rings (SSSR count). The second kappa shape index (κ2) is 2.77. The van der Waals surface area contributed by atoms with Gasteiger partial charge in [0.15, 0.2) is 0 Å². The van der Waals surface area contributed by atoms with Gasteiger partial charge in [0.2, 0.25) is 5.78 Å². The van der Waals surface area contributed by atoms with Crippen molar-refractivity contribution in [3.05, 3.63) is 0 Å². The Balaban J connectivity index is 3.93. The summed E-state index contributed by atoms with van der Waals surface area (Å²) < 4.78 is 12.5. The monoisotopic (exact) mass is 148 g/mol. The lowest BCUT2D eigenvalue weighted by Gasteiger charge is -2.09. The van der Waals surface area contributed by atoms with Gasteiger partial charge in [-0.25, -0.2) is 9.18 Å². The number of hydrogen-bond acceptors (Lipinski definition) is 2. The summed E-state index contributed by atoms with van der Waals surface area (Å²) in [5.41, 5.74) is -1.73. The first-order valence-corrected chi connectivity index (χ1v) is 2.78. The Hall–Kier alpha value is -0.930. The van der Waals surface area contributed by atoms with Gasteiger partial charge in [-0.05, 0) is 13.8 Å². The average molecular weight is 148 g/mol. The van der Waals surface area contributed by atoms with Crippen LogP contribution in [0.3, 0.4) is 0 Å². The number of carboxylic acid groups (broad SMARTS) is 1. The van der Waals surface area contributed by atoms with Gasteiger partial charge in [-0.2, -0.15) is 0 Å². The number of alkyl halides is 1. The largest absolute Gasteiger partial charge is 0.475 e. The highest BCUT2D eigenvalue weighted by atomic mass is 19.1. The summed E-state index contributed by atoms with van der Waals surface area (Å²) in [5.74, 6) is -2.67. The van der Waals surface area contributed by atoms with Crippen LogP contribution in [0.15, 0.2) is 0 Å². The molecule has 0 radical (unpaired) electrons. The van der Waals surface area contributed by atoms with Gasteiger partial charge in [0.25, 0.3) is 0 Å². The first kappa shape index (κ1) is 9.07. The summed E-state index contributed by atoms with van der Waals surface area (Å²) in [4.78, 5) is 20.2. The molecule has 0 bridgehead atoms. The van der Waals surface area contributed by atoms with E-state index in [-0.39, 0.29) is 0 Å². The molecule has 0 saturated heterocycles. The highest BCUT2D eigenvalue weighted by Crippen LogP contribution is 2.13. The molecule has 0 aliphatic carbocycles. The van der Waals surface area contributed by atoms with Gasteiger partial charge >= 0.3 is 5.97 Å². The van der Waals surface area contributed by atoms with Gasteiger partial charge in [0.1, 0.15) is 5.67 Å². The number of aliphatic carboxylic acids is 1. The Morgan fingerprint density at radius 2 is 1.90 bits per heavy atom. The number of halogens is 1. The number of ketones is 1. The van der Waals surface area contributed by atoms with Crippen molar-refractivity contribution in [1.29, 1.82) is 0 Å². The van der Waals surface area contributed by atoms with E-state index in [9.17, 15) is 14.0 Å². The number of rotatable bonds is 3. The van der Waals surface area contributed by atoms with Crippen LogP contribution in [0.25, 0.3) is 0 Å². The van der Waals surface area contributed by atoms with Crippen molar-refractivity contribution in [3.63, 3.8) is 0 Å². The van der Waals surface area contributed by atoms with Crippen LogP contribution in [0.5, 0.6) is 0 Å². The first-order valence-electron chi connectivity index (χ1n) is 2.78. The van der Waals surface area contributed by atoms with E-state index in [4.69, 9.17) is 5.11 Å². The van der Waals surface area contributed by atoms with Crippen LogP contribution >= 0.6 is 0 Å². The molecule has 0 atom stereocenters. The van der Waals surface area contributed by atoms with E-state index in [1.165, 1.54) is 0 Å². The molecule has 0 saturated carbocycles. The quantitative estimate of drug-likeness (QED) is 0.601. The van der Waals surface area contributed by atoms with E-state index >= 15 is 0 Å². The van der Waals surface area contributed by atoms with Gasteiger partial charge in [0.05, 0.1) is 6.42 Å². The maximum absolute atomic E-state index is 12.5. The lowest BCUT2D eigenvalue weighted by atomic mass is 10.0. The van der Waals surface area contributed by atoms with E-state index in [0.717, 1.165) is 13.8 Å². The lowest BCUT2D eigenvalue weighted by molar-refractivity contribution is -0.150. The number of carbonyl (C=O) groups excluding carboxylic acids is 1. The SMILES string of the molecule is CC(C)(F)CC(=O)C(=O)O. The van der Waals surface area contributed by atoms with Crippen molar-refractivity contribution in [2.24, 2.45) is 0 Å². The third-order valence-electron chi connectivity index (χ3n) is 0.819. The zero-order valence-electron chi connectivity index (χ0n) is 5.85. The normalized spacial score (nSPS) is 11.1. The molecular formula is C6H9FO3. The van der Waals surface area contributed by atoms with Crippen molar-refractivity contribution >= 4 is 11.8 Å². The van der Waals surface area contributed by atoms with Crippen molar-refractivity contribution in [1.82, 2.24) is 0 Å². The molecule has 0 aliphatic heterocycles. The molecule has 0 heterocycles. The minimum atomic E-state index is -1.73. The molecule has 0 amide bonds. The van der Waals surface area contributed by atoms with E-state index in [1.807, 2.05) is 0 Å². The summed E-state index contributed by atoms with van der Waals surface area (Å²) >= 11 is 0.